The zero-order chi connectivity index (χ0) is 19.4. The monoisotopic (exact) mass is 382 g/mol. The molecule has 1 amide bonds. The highest BCUT2D eigenvalue weighted by atomic mass is 16.2. The van der Waals surface area contributed by atoms with Crippen LogP contribution in [0.15, 0.2) is 30.7 Å². The molecule has 0 unspecified atom stereocenters. The number of pyridine rings is 1. The van der Waals surface area contributed by atoms with Gasteiger partial charge in [0.15, 0.2) is 0 Å². The molecule has 0 aromatic carbocycles. The highest BCUT2D eigenvalue weighted by Crippen LogP contribution is 2.40. The quantitative estimate of drug-likeness (QED) is 0.766. The van der Waals surface area contributed by atoms with Gasteiger partial charge >= 0.3 is 0 Å². The number of piperidine rings is 2. The molecule has 2 aromatic rings. The van der Waals surface area contributed by atoms with E-state index < -0.39 is 0 Å². The fraction of sp³-hybridized carbons (Fsp3) is 0.619. The summed E-state index contributed by atoms with van der Waals surface area (Å²) in [5.74, 6) is 1.36. The number of hydrogen-bond acceptors (Lipinski definition) is 5. The summed E-state index contributed by atoms with van der Waals surface area (Å²) >= 11 is 0. The molecule has 0 bridgehead atoms. The van der Waals surface area contributed by atoms with Crippen LogP contribution in [-0.2, 0) is 24.3 Å². The Morgan fingerprint density at radius 1 is 1.18 bits per heavy atom. The molecule has 2 saturated heterocycles. The van der Waals surface area contributed by atoms with E-state index in [4.69, 9.17) is 0 Å². The van der Waals surface area contributed by atoms with Crippen molar-refractivity contribution in [3.63, 3.8) is 0 Å². The lowest BCUT2D eigenvalue weighted by molar-refractivity contribution is -0.139. The molecule has 0 atom stereocenters. The summed E-state index contributed by atoms with van der Waals surface area (Å²) in [6.07, 6.45) is 8.50. The maximum Gasteiger partial charge on any atom is 0.222 e. The molecule has 150 valence electrons. The van der Waals surface area contributed by atoms with Crippen LogP contribution in [0, 0.1) is 5.41 Å². The Morgan fingerprint density at radius 3 is 2.79 bits per heavy atom. The number of hydrogen-bond donors (Lipinski definition) is 0. The van der Waals surface area contributed by atoms with Gasteiger partial charge in [0.1, 0.15) is 12.2 Å². The van der Waals surface area contributed by atoms with Crippen molar-refractivity contribution in [2.24, 2.45) is 5.41 Å². The minimum absolute atomic E-state index is 0.285. The van der Waals surface area contributed by atoms with Crippen LogP contribution in [0.1, 0.15) is 44.1 Å². The molecular weight excluding hydrogens is 352 g/mol. The predicted octanol–water partition coefficient (Wildman–Crippen LogP) is 2.14. The Morgan fingerprint density at radius 2 is 2.04 bits per heavy atom. The summed E-state index contributed by atoms with van der Waals surface area (Å²) in [6, 6.07) is 5.98. The van der Waals surface area contributed by atoms with Gasteiger partial charge in [-0.1, -0.05) is 6.07 Å². The molecule has 4 heterocycles. The van der Waals surface area contributed by atoms with Gasteiger partial charge in [0, 0.05) is 44.4 Å². The van der Waals surface area contributed by atoms with E-state index in [9.17, 15) is 4.79 Å². The van der Waals surface area contributed by atoms with Crippen molar-refractivity contribution in [2.75, 3.05) is 26.2 Å². The Kier molecular flexibility index (Phi) is 5.71. The topological polar surface area (TPSA) is 67.2 Å². The minimum Gasteiger partial charge on any atom is -0.342 e. The molecule has 2 fully saturated rings. The third-order valence-electron chi connectivity index (χ3n) is 6.43. The minimum atomic E-state index is 0.285. The van der Waals surface area contributed by atoms with E-state index in [1.807, 2.05) is 30.7 Å². The van der Waals surface area contributed by atoms with Gasteiger partial charge < -0.3 is 9.47 Å². The summed E-state index contributed by atoms with van der Waals surface area (Å²) in [5.41, 5.74) is 1.34. The van der Waals surface area contributed by atoms with Crippen molar-refractivity contribution in [3.8, 4) is 0 Å². The third-order valence-corrected chi connectivity index (χ3v) is 6.43. The molecule has 7 heteroatoms. The SMILES string of the molecule is CCn1cnnc1CN1CCC2(CCC(=O)N(CCc3ccccn3)C2)CC1. The summed E-state index contributed by atoms with van der Waals surface area (Å²) in [5, 5.41) is 8.32. The fourth-order valence-corrected chi connectivity index (χ4v) is 4.56. The summed E-state index contributed by atoms with van der Waals surface area (Å²) in [4.78, 5) is 21.4. The second-order valence-corrected chi connectivity index (χ2v) is 8.20. The van der Waals surface area contributed by atoms with E-state index in [-0.39, 0.29) is 5.41 Å². The first kappa shape index (κ1) is 19.1. The fourth-order valence-electron chi connectivity index (χ4n) is 4.56. The van der Waals surface area contributed by atoms with Crippen molar-refractivity contribution in [1.82, 2.24) is 29.5 Å². The number of carbonyl (C=O) groups is 1. The number of rotatable bonds is 6. The first-order valence-electron chi connectivity index (χ1n) is 10.4. The van der Waals surface area contributed by atoms with E-state index in [0.29, 0.717) is 12.3 Å². The number of nitrogens with zero attached hydrogens (tertiary/aromatic N) is 6. The van der Waals surface area contributed by atoms with Crippen molar-refractivity contribution >= 4 is 5.91 Å². The normalized spacial score (nSPS) is 20.0. The third kappa shape index (κ3) is 4.24. The zero-order valence-electron chi connectivity index (χ0n) is 16.8. The number of amides is 1. The van der Waals surface area contributed by atoms with Gasteiger partial charge in [-0.3, -0.25) is 14.7 Å². The molecule has 28 heavy (non-hydrogen) atoms. The maximum absolute atomic E-state index is 12.5. The average Bonchev–Trinajstić information content (AvgIpc) is 3.18. The second-order valence-electron chi connectivity index (χ2n) is 8.20. The zero-order valence-corrected chi connectivity index (χ0v) is 16.8. The van der Waals surface area contributed by atoms with E-state index in [0.717, 1.165) is 76.5 Å². The lowest BCUT2D eigenvalue weighted by Crippen LogP contribution is -2.51. The van der Waals surface area contributed by atoms with Gasteiger partial charge in [0.2, 0.25) is 5.91 Å². The van der Waals surface area contributed by atoms with Crippen LogP contribution in [0.4, 0.5) is 0 Å². The van der Waals surface area contributed by atoms with E-state index in [1.54, 1.807) is 0 Å². The van der Waals surface area contributed by atoms with Crippen LogP contribution in [-0.4, -0.2) is 61.6 Å². The standard InChI is InChI=1S/C21H30N6O/c1-2-26-17-23-24-19(26)15-25-13-9-21(10-14-25)8-6-20(28)27(16-21)12-7-18-5-3-4-11-22-18/h3-5,11,17H,2,6-10,12-16H2,1H3. The van der Waals surface area contributed by atoms with Crippen LogP contribution in [0.2, 0.25) is 0 Å². The first-order chi connectivity index (χ1) is 13.7. The van der Waals surface area contributed by atoms with Gasteiger partial charge in [0.25, 0.3) is 0 Å². The van der Waals surface area contributed by atoms with Crippen LogP contribution in [0.25, 0.3) is 0 Å². The summed E-state index contributed by atoms with van der Waals surface area (Å²) in [6.45, 7) is 7.71. The molecule has 0 aliphatic carbocycles. The largest absolute Gasteiger partial charge is 0.342 e. The number of aryl methyl sites for hydroxylation is 1. The average molecular weight is 383 g/mol. The van der Waals surface area contributed by atoms with E-state index >= 15 is 0 Å². The van der Waals surface area contributed by atoms with Crippen LogP contribution in [0.5, 0.6) is 0 Å². The van der Waals surface area contributed by atoms with Gasteiger partial charge in [0.05, 0.1) is 6.54 Å². The molecule has 0 saturated carbocycles. The smallest absolute Gasteiger partial charge is 0.222 e. The molecule has 2 aliphatic rings. The Labute approximate surface area is 166 Å². The highest BCUT2D eigenvalue weighted by molar-refractivity contribution is 5.77. The summed E-state index contributed by atoms with van der Waals surface area (Å²) < 4.78 is 2.11. The lowest BCUT2D eigenvalue weighted by Gasteiger charge is -2.47. The molecule has 7 nitrogen and oxygen atoms in total. The lowest BCUT2D eigenvalue weighted by atomic mass is 9.72. The first-order valence-corrected chi connectivity index (χ1v) is 10.4. The van der Waals surface area contributed by atoms with Crippen molar-refractivity contribution in [3.05, 3.63) is 42.2 Å². The Bertz CT molecular complexity index is 781. The van der Waals surface area contributed by atoms with Crippen molar-refractivity contribution in [1.29, 1.82) is 0 Å². The number of likely N-dealkylation sites (tertiary alicyclic amines) is 2. The molecular formula is C21H30N6O. The molecule has 2 aliphatic heterocycles. The van der Waals surface area contributed by atoms with Gasteiger partial charge in [-0.2, -0.15) is 0 Å². The van der Waals surface area contributed by atoms with E-state index in [1.165, 1.54) is 0 Å². The van der Waals surface area contributed by atoms with Gasteiger partial charge in [-0.05, 0) is 56.8 Å². The summed E-state index contributed by atoms with van der Waals surface area (Å²) in [7, 11) is 0. The number of carbonyl (C=O) groups excluding carboxylic acids is 1. The number of aromatic nitrogens is 4. The second kappa shape index (κ2) is 8.39. The molecule has 0 radical (unpaired) electrons. The van der Waals surface area contributed by atoms with Crippen LogP contribution in [0.3, 0.4) is 0 Å². The van der Waals surface area contributed by atoms with E-state index in [2.05, 4.69) is 36.5 Å². The Balaban J connectivity index is 1.32. The highest BCUT2D eigenvalue weighted by Gasteiger charge is 2.40. The molecule has 0 N–H and O–H groups in total. The predicted molar refractivity (Wildman–Crippen MR) is 106 cm³/mol. The molecule has 1 spiro atoms. The molecule has 4 rings (SSSR count). The Hall–Kier alpha value is -2.28. The molecule has 2 aromatic heterocycles. The maximum atomic E-state index is 12.5. The van der Waals surface area contributed by atoms with Gasteiger partial charge in [-0.25, -0.2) is 0 Å². The van der Waals surface area contributed by atoms with Crippen LogP contribution >= 0.6 is 0 Å². The van der Waals surface area contributed by atoms with Crippen molar-refractivity contribution < 1.29 is 4.79 Å². The van der Waals surface area contributed by atoms with Crippen LogP contribution < -0.4 is 0 Å². The van der Waals surface area contributed by atoms with Crippen molar-refractivity contribution in [2.45, 2.75) is 52.1 Å². The van der Waals surface area contributed by atoms with Gasteiger partial charge in [-0.15, -0.1) is 10.2 Å².